The summed E-state index contributed by atoms with van der Waals surface area (Å²) in [5.41, 5.74) is 0. The van der Waals surface area contributed by atoms with Gasteiger partial charge in [-0.1, -0.05) is 0 Å². The van der Waals surface area contributed by atoms with E-state index in [0.717, 1.165) is 0 Å². The molecule has 0 aliphatic heterocycles. The molecule has 0 rings (SSSR count). The van der Waals surface area contributed by atoms with Crippen molar-refractivity contribution < 1.29 is 21.1 Å². The van der Waals surface area contributed by atoms with Crippen molar-refractivity contribution in [2.24, 2.45) is 0 Å². The second kappa shape index (κ2) is 4.52. The van der Waals surface area contributed by atoms with Crippen molar-refractivity contribution in [3.05, 3.63) is 0 Å². The Bertz CT molecular complexity index is 23.0. The van der Waals surface area contributed by atoms with E-state index in [2.05, 4.69) is 0 Å². The van der Waals surface area contributed by atoms with E-state index < -0.39 is 13.9 Å². The van der Waals surface area contributed by atoms with Crippen molar-refractivity contribution in [3.63, 3.8) is 0 Å². The predicted octanol–water partition coefficient (Wildman–Crippen LogP) is 2.37. The fraction of sp³-hybridized carbons (Fsp3) is 0. The molecule has 0 fully saturated rings. The van der Waals surface area contributed by atoms with Crippen LogP contribution in [0.15, 0.2) is 0 Å². The van der Waals surface area contributed by atoms with Crippen LogP contribution >= 0.6 is 35.7 Å². The molecule has 6 heavy (non-hydrogen) atoms. The number of rotatable bonds is 0. The van der Waals surface area contributed by atoms with Crippen LogP contribution in [-0.4, -0.2) is 13.9 Å². The fourth-order valence-electron chi connectivity index (χ4n) is 0. The average Bonchev–Trinajstić information content (AvgIpc) is 0.722. The zero-order valence-electron chi connectivity index (χ0n) is 2.33. The molecule has 0 amide bonds. The molecule has 0 aliphatic carbocycles. The van der Waals surface area contributed by atoms with E-state index in [1.807, 2.05) is 0 Å². The van der Waals surface area contributed by atoms with Gasteiger partial charge in [0.1, 0.15) is 0 Å². The Morgan fingerprint density at radius 1 is 0.833 bits per heavy atom. The van der Waals surface area contributed by atoms with Gasteiger partial charge in [0.15, 0.2) is 0 Å². The molecule has 42 valence electrons. The van der Waals surface area contributed by atoms with Crippen LogP contribution < -0.4 is 0 Å². The average molecular weight is 456 g/mol. The molecule has 6 heteroatoms. The van der Waals surface area contributed by atoms with Gasteiger partial charge in [-0.15, -0.1) is 0 Å². The maximum absolute atomic E-state index is 5.04. The first-order chi connectivity index (χ1) is 2.00. The molecule has 0 N–H and O–H groups in total. The van der Waals surface area contributed by atoms with Gasteiger partial charge in [0, 0.05) is 21.1 Å². The number of hydrogen-bond acceptors (Lipinski definition) is 0. The first-order valence-electron chi connectivity index (χ1n) is 0.756. The third-order valence-corrected chi connectivity index (χ3v) is 0. The molecular formula is Cl4PtSn. The molecule has 0 aromatic carbocycles. The van der Waals surface area contributed by atoms with E-state index in [1.165, 1.54) is 0 Å². The minimum atomic E-state index is -3.29. The van der Waals surface area contributed by atoms with Crippen LogP contribution in [0.2, 0.25) is 0 Å². The minimum absolute atomic E-state index is 0. The third kappa shape index (κ3) is 30.3. The molecule has 0 aromatic rings. The van der Waals surface area contributed by atoms with Gasteiger partial charge in [-0.25, -0.2) is 0 Å². The normalized spacial score (nSPS) is 10.0. The Morgan fingerprint density at radius 2 is 0.833 bits per heavy atom. The molecule has 0 spiro atoms. The molecule has 0 aromatic heterocycles. The van der Waals surface area contributed by atoms with Crippen molar-refractivity contribution in [2.75, 3.05) is 0 Å². The summed E-state index contributed by atoms with van der Waals surface area (Å²) in [6.07, 6.45) is 0. The van der Waals surface area contributed by atoms with Gasteiger partial charge in [-0.3, -0.25) is 0 Å². The van der Waals surface area contributed by atoms with Crippen LogP contribution in [0, 0.1) is 0 Å². The summed E-state index contributed by atoms with van der Waals surface area (Å²) in [6.45, 7) is 0. The van der Waals surface area contributed by atoms with Crippen molar-refractivity contribution in [1.29, 1.82) is 0 Å². The molecular weight excluding hydrogens is 456 g/mol. The van der Waals surface area contributed by atoms with E-state index in [1.54, 1.807) is 0 Å². The predicted molar refractivity (Wildman–Crippen MR) is 29.2 cm³/mol. The fourth-order valence-corrected chi connectivity index (χ4v) is 0. The van der Waals surface area contributed by atoms with Crippen molar-refractivity contribution >= 4 is 49.6 Å². The summed E-state index contributed by atoms with van der Waals surface area (Å²) >= 11 is -3.29. The van der Waals surface area contributed by atoms with Crippen LogP contribution in [0.3, 0.4) is 0 Å². The van der Waals surface area contributed by atoms with E-state index in [9.17, 15) is 0 Å². The number of hydrogen-bond donors (Lipinski definition) is 0. The van der Waals surface area contributed by atoms with Crippen LogP contribution in [0.1, 0.15) is 0 Å². The smallest absolute Gasteiger partial charge is 0 e. The third-order valence-electron chi connectivity index (χ3n) is 0. The standard InChI is InChI=1S/4ClH.Pt.Sn/h4*1H;;/q;;;;;+4/p-4. The van der Waals surface area contributed by atoms with E-state index in [4.69, 9.17) is 35.7 Å². The Kier molecular flexibility index (Phi) is 8.62. The monoisotopic (exact) mass is 455 g/mol. The second-order valence-electron chi connectivity index (χ2n) is 0.429. The molecule has 0 saturated heterocycles. The molecule has 0 saturated carbocycles. The van der Waals surface area contributed by atoms with Gasteiger partial charge in [0.2, 0.25) is 0 Å². The van der Waals surface area contributed by atoms with Gasteiger partial charge < -0.3 is 0 Å². The van der Waals surface area contributed by atoms with Crippen molar-refractivity contribution in [1.82, 2.24) is 0 Å². The van der Waals surface area contributed by atoms with Crippen LogP contribution in [0.25, 0.3) is 0 Å². The summed E-state index contributed by atoms with van der Waals surface area (Å²) in [5.74, 6) is 0. The van der Waals surface area contributed by atoms with Gasteiger partial charge in [-0.2, -0.15) is 0 Å². The zero-order valence-corrected chi connectivity index (χ0v) is 10.5. The maximum Gasteiger partial charge on any atom is 0 e. The van der Waals surface area contributed by atoms with E-state index >= 15 is 0 Å². The van der Waals surface area contributed by atoms with Crippen LogP contribution in [0.5, 0.6) is 0 Å². The van der Waals surface area contributed by atoms with Gasteiger partial charge in [-0.05, 0) is 0 Å². The molecule has 0 radical (unpaired) electrons. The summed E-state index contributed by atoms with van der Waals surface area (Å²) in [4.78, 5) is 0. The molecule has 0 nitrogen and oxygen atoms in total. The van der Waals surface area contributed by atoms with Gasteiger partial charge >= 0.3 is 49.6 Å². The molecule has 0 atom stereocenters. The van der Waals surface area contributed by atoms with Gasteiger partial charge in [0.05, 0.1) is 0 Å². The summed E-state index contributed by atoms with van der Waals surface area (Å²) in [5, 5.41) is 0. The first-order valence-corrected chi connectivity index (χ1v) is 15.2. The summed E-state index contributed by atoms with van der Waals surface area (Å²) < 4.78 is 0. The quantitative estimate of drug-likeness (QED) is 0.492. The topological polar surface area (TPSA) is 0 Å². The minimum Gasteiger partial charge on any atom is 0 e. The molecule has 0 bridgehead atoms. The van der Waals surface area contributed by atoms with E-state index in [-0.39, 0.29) is 21.1 Å². The Labute approximate surface area is 69.5 Å². The SMILES string of the molecule is [Cl][Sn]([Cl])([Cl])[Cl].[Pt]. The van der Waals surface area contributed by atoms with E-state index in [0.29, 0.717) is 0 Å². The first kappa shape index (κ1) is 11.4. The van der Waals surface area contributed by atoms with Crippen LogP contribution in [0.4, 0.5) is 0 Å². The Hall–Kier alpha value is 2.65. The molecule has 0 heterocycles. The second-order valence-corrected chi connectivity index (χ2v) is 25.9. The van der Waals surface area contributed by atoms with Crippen molar-refractivity contribution in [3.8, 4) is 0 Å². The maximum atomic E-state index is 5.04. The number of halogens is 4. The Balaban J connectivity index is 0. The van der Waals surface area contributed by atoms with Crippen LogP contribution in [-0.2, 0) is 21.1 Å². The van der Waals surface area contributed by atoms with Crippen molar-refractivity contribution in [2.45, 2.75) is 0 Å². The Morgan fingerprint density at radius 3 is 0.833 bits per heavy atom. The molecule has 0 aliphatic rings. The van der Waals surface area contributed by atoms with Gasteiger partial charge in [0.25, 0.3) is 0 Å². The summed E-state index contributed by atoms with van der Waals surface area (Å²) in [7, 11) is 20.1. The zero-order chi connectivity index (χ0) is 4.50. The largest absolute Gasteiger partial charge is 0 e. The summed E-state index contributed by atoms with van der Waals surface area (Å²) in [6, 6.07) is 0. The molecule has 0 unspecified atom stereocenters.